The lowest BCUT2D eigenvalue weighted by atomic mass is 10.0. The second-order valence-electron chi connectivity index (χ2n) is 5.56. The fraction of sp³-hybridized carbons (Fsp3) is 0.846. The third kappa shape index (κ3) is 2.52. The van der Waals surface area contributed by atoms with E-state index in [1.54, 1.807) is 6.20 Å². The lowest BCUT2D eigenvalue weighted by Gasteiger charge is -2.39. The van der Waals surface area contributed by atoms with Crippen molar-refractivity contribution < 1.29 is 9.84 Å². The second kappa shape index (κ2) is 5.56. The van der Waals surface area contributed by atoms with Crippen LogP contribution in [0.2, 0.25) is 0 Å². The lowest BCUT2D eigenvalue weighted by Crippen LogP contribution is -2.51. The molecule has 106 valence electrons. The van der Waals surface area contributed by atoms with E-state index in [-0.39, 0.29) is 12.7 Å². The summed E-state index contributed by atoms with van der Waals surface area (Å²) in [6.45, 7) is 5.63. The normalized spacial score (nSPS) is 31.6. The molecule has 0 amide bonds. The molecule has 0 unspecified atom stereocenters. The molecule has 1 aromatic heterocycles. The molecule has 6 nitrogen and oxygen atoms in total. The Hall–Kier alpha value is -0.980. The number of ether oxygens (including phenoxy) is 1. The van der Waals surface area contributed by atoms with Crippen LogP contribution >= 0.6 is 0 Å². The quantitative estimate of drug-likeness (QED) is 0.835. The van der Waals surface area contributed by atoms with Crippen LogP contribution in [0.25, 0.3) is 0 Å². The Morgan fingerprint density at radius 3 is 3.11 bits per heavy atom. The van der Waals surface area contributed by atoms with Gasteiger partial charge in [-0.3, -0.25) is 4.90 Å². The molecule has 0 spiro atoms. The van der Waals surface area contributed by atoms with E-state index in [0.29, 0.717) is 12.0 Å². The van der Waals surface area contributed by atoms with Gasteiger partial charge in [0.15, 0.2) is 0 Å². The van der Waals surface area contributed by atoms with Gasteiger partial charge in [-0.05, 0) is 19.8 Å². The first-order valence-corrected chi connectivity index (χ1v) is 7.11. The number of aliphatic hydroxyl groups excluding tert-OH is 1. The van der Waals surface area contributed by atoms with Crippen LogP contribution in [0.1, 0.15) is 18.5 Å². The number of hydrogen-bond acceptors (Lipinski definition) is 5. The van der Waals surface area contributed by atoms with Crippen molar-refractivity contribution in [3.8, 4) is 0 Å². The summed E-state index contributed by atoms with van der Waals surface area (Å²) < 4.78 is 7.97. The lowest BCUT2D eigenvalue weighted by molar-refractivity contribution is -0.0790. The van der Waals surface area contributed by atoms with Crippen LogP contribution in [0.5, 0.6) is 0 Å². The van der Waals surface area contributed by atoms with Gasteiger partial charge in [0.05, 0.1) is 31.2 Å². The average Bonchev–Trinajstić information content (AvgIpc) is 2.99. The molecular weight excluding hydrogens is 244 g/mol. The number of nitrogens with zero attached hydrogens (tertiary/aromatic N) is 4. The first-order chi connectivity index (χ1) is 9.29. The zero-order chi connectivity index (χ0) is 13.2. The Labute approximate surface area is 113 Å². The Kier molecular flexibility index (Phi) is 3.81. The molecule has 1 aliphatic carbocycles. The number of hydrogen-bond donors (Lipinski definition) is 1. The van der Waals surface area contributed by atoms with Crippen LogP contribution in [0.4, 0.5) is 0 Å². The van der Waals surface area contributed by atoms with E-state index in [0.717, 1.165) is 44.8 Å². The summed E-state index contributed by atoms with van der Waals surface area (Å²) >= 11 is 0. The van der Waals surface area contributed by atoms with E-state index in [4.69, 9.17) is 9.84 Å². The van der Waals surface area contributed by atoms with Crippen molar-refractivity contribution in [2.45, 2.75) is 38.5 Å². The molecule has 2 fully saturated rings. The average molecular weight is 266 g/mol. The first kappa shape index (κ1) is 13.0. The van der Waals surface area contributed by atoms with Crippen LogP contribution in [0, 0.1) is 12.8 Å². The van der Waals surface area contributed by atoms with E-state index in [1.807, 2.05) is 11.6 Å². The Morgan fingerprint density at radius 2 is 2.37 bits per heavy atom. The summed E-state index contributed by atoms with van der Waals surface area (Å²) in [4.78, 5) is 2.38. The van der Waals surface area contributed by atoms with Crippen LogP contribution in [0.15, 0.2) is 6.20 Å². The maximum absolute atomic E-state index is 9.14. The number of aromatic nitrogens is 3. The van der Waals surface area contributed by atoms with Crippen molar-refractivity contribution >= 4 is 0 Å². The molecule has 1 aliphatic heterocycles. The van der Waals surface area contributed by atoms with E-state index in [2.05, 4.69) is 15.2 Å². The van der Waals surface area contributed by atoms with Crippen molar-refractivity contribution in [3.63, 3.8) is 0 Å². The third-order valence-electron chi connectivity index (χ3n) is 4.44. The molecule has 2 aliphatic rings. The minimum Gasteiger partial charge on any atom is -0.395 e. The predicted octanol–water partition coefficient (Wildman–Crippen LogP) is 0.0582. The van der Waals surface area contributed by atoms with Crippen molar-refractivity contribution in [1.29, 1.82) is 0 Å². The Balaban J connectivity index is 1.67. The van der Waals surface area contributed by atoms with E-state index >= 15 is 0 Å². The summed E-state index contributed by atoms with van der Waals surface area (Å²) in [5.74, 6) is 0.506. The molecule has 1 aromatic rings. The SMILES string of the molecule is Cc1cnnn1C[C@@H]1CC[C@H]2[C@H]1OCCN2CCO. The number of fused-ring (bicyclic) bond motifs is 1. The third-order valence-corrected chi connectivity index (χ3v) is 4.44. The molecular formula is C13H22N4O2. The monoisotopic (exact) mass is 266 g/mol. The summed E-state index contributed by atoms with van der Waals surface area (Å²) in [5.41, 5.74) is 1.10. The number of rotatable bonds is 4. The Bertz CT molecular complexity index is 421. The standard InChI is InChI=1S/C13H22N4O2/c1-10-8-14-15-17(10)9-11-2-3-12-13(11)19-7-5-16(12)4-6-18/h8,11-13,18H,2-7,9H2,1H3/t11-,12-,13-/m0/s1. The number of β-amino-alcohol motifs (C(OH)–C–C–N with tert-alkyl or cyclic N) is 1. The summed E-state index contributed by atoms with van der Waals surface area (Å²) in [6, 6.07) is 0.467. The summed E-state index contributed by atoms with van der Waals surface area (Å²) in [6.07, 6.45) is 4.40. The highest BCUT2D eigenvalue weighted by Gasteiger charge is 2.42. The number of aryl methyl sites for hydroxylation is 1. The van der Waals surface area contributed by atoms with E-state index < -0.39 is 0 Å². The van der Waals surface area contributed by atoms with Crippen LogP contribution < -0.4 is 0 Å². The van der Waals surface area contributed by atoms with Gasteiger partial charge in [-0.2, -0.15) is 0 Å². The van der Waals surface area contributed by atoms with Gasteiger partial charge in [-0.15, -0.1) is 5.10 Å². The van der Waals surface area contributed by atoms with Crippen molar-refractivity contribution in [3.05, 3.63) is 11.9 Å². The summed E-state index contributed by atoms with van der Waals surface area (Å²) in [5, 5.41) is 17.2. The van der Waals surface area contributed by atoms with Crippen LogP contribution in [-0.2, 0) is 11.3 Å². The highest BCUT2D eigenvalue weighted by atomic mass is 16.5. The highest BCUT2D eigenvalue weighted by molar-refractivity contribution is 4.96. The summed E-state index contributed by atoms with van der Waals surface area (Å²) in [7, 11) is 0. The van der Waals surface area contributed by atoms with Gasteiger partial charge in [0.25, 0.3) is 0 Å². The molecule has 2 heterocycles. The molecule has 3 rings (SSSR count). The first-order valence-electron chi connectivity index (χ1n) is 7.11. The molecule has 1 saturated carbocycles. The van der Waals surface area contributed by atoms with Crippen molar-refractivity contribution in [1.82, 2.24) is 19.9 Å². The number of morpholine rings is 1. The van der Waals surface area contributed by atoms with Crippen LogP contribution in [-0.4, -0.2) is 63.4 Å². The van der Waals surface area contributed by atoms with Gasteiger partial charge in [-0.1, -0.05) is 5.21 Å². The maximum atomic E-state index is 9.14. The van der Waals surface area contributed by atoms with Gasteiger partial charge >= 0.3 is 0 Å². The predicted molar refractivity (Wildman–Crippen MR) is 69.7 cm³/mol. The largest absolute Gasteiger partial charge is 0.395 e. The van der Waals surface area contributed by atoms with E-state index in [9.17, 15) is 0 Å². The van der Waals surface area contributed by atoms with Gasteiger partial charge < -0.3 is 9.84 Å². The minimum absolute atomic E-state index is 0.232. The van der Waals surface area contributed by atoms with Gasteiger partial charge in [0.2, 0.25) is 0 Å². The topological polar surface area (TPSA) is 63.4 Å². The smallest absolute Gasteiger partial charge is 0.0776 e. The minimum atomic E-state index is 0.232. The van der Waals surface area contributed by atoms with Gasteiger partial charge in [0, 0.05) is 31.6 Å². The molecule has 1 saturated heterocycles. The molecule has 0 bridgehead atoms. The molecule has 1 N–H and O–H groups in total. The van der Waals surface area contributed by atoms with Gasteiger partial charge in [-0.25, -0.2) is 4.68 Å². The van der Waals surface area contributed by atoms with Gasteiger partial charge in [0.1, 0.15) is 0 Å². The van der Waals surface area contributed by atoms with Crippen molar-refractivity contribution in [2.24, 2.45) is 5.92 Å². The second-order valence-corrected chi connectivity index (χ2v) is 5.56. The molecule has 6 heteroatoms. The zero-order valence-electron chi connectivity index (χ0n) is 11.4. The van der Waals surface area contributed by atoms with Crippen molar-refractivity contribution in [2.75, 3.05) is 26.3 Å². The number of aliphatic hydroxyl groups is 1. The van der Waals surface area contributed by atoms with E-state index in [1.165, 1.54) is 0 Å². The zero-order valence-corrected chi connectivity index (χ0v) is 11.4. The Morgan fingerprint density at radius 1 is 1.47 bits per heavy atom. The highest BCUT2D eigenvalue weighted by Crippen LogP contribution is 2.35. The van der Waals surface area contributed by atoms with Crippen LogP contribution in [0.3, 0.4) is 0 Å². The maximum Gasteiger partial charge on any atom is 0.0776 e. The molecule has 19 heavy (non-hydrogen) atoms. The molecule has 0 aromatic carbocycles. The fourth-order valence-electron chi connectivity index (χ4n) is 3.45. The molecule has 0 radical (unpaired) electrons. The molecule has 3 atom stereocenters. The fourth-order valence-corrected chi connectivity index (χ4v) is 3.45.